The molecule has 0 fully saturated rings. The first-order valence-corrected chi connectivity index (χ1v) is 6.75. The molecule has 0 aliphatic heterocycles. The molecule has 0 saturated heterocycles. The zero-order chi connectivity index (χ0) is 16.3. The van der Waals surface area contributed by atoms with Crippen molar-refractivity contribution in [3.63, 3.8) is 0 Å². The van der Waals surface area contributed by atoms with Crippen molar-refractivity contribution >= 4 is 22.8 Å². The number of carbonyl (C=O) groups is 2. The van der Waals surface area contributed by atoms with Crippen molar-refractivity contribution in [2.75, 3.05) is 0 Å². The van der Waals surface area contributed by atoms with E-state index >= 15 is 0 Å². The van der Waals surface area contributed by atoms with Crippen LogP contribution in [0.1, 0.15) is 17.7 Å². The Kier molecular flexibility index (Phi) is 4.75. The minimum absolute atomic E-state index is 0.0666. The lowest BCUT2D eigenvalue weighted by Crippen LogP contribution is -2.42. The number of aromatic nitrogens is 1. The number of hydrogen-bond donors (Lipinski definition) is 3. The number of fused-ring (bicyclic) bond motifs is 1. The van der Waals surface area contributed by atoms with Gasteiger partial charge in [-0.2, -0.15) is 0 Å². The molecule has 5 nitrogen and oxygen atoms in total. The third-order valence-electron chi connectivity index (χ3n) is 3.41. The molecule has 1 atom stereocenters. The summed E-state index contributed by atoms with van der Waals surface area (Å²) in [6.07, 6.45) is -3.77. The molecule has 0 spiro atoms. The molecule has 1 heterocycles. The number of nitrogens with one attached hydrogen (secondary N) is 2. The SMILES string of the molecule is Cc1[nH]c2ccccc2c1CC(=O)NC(CC(F)F)C(=O)O. The first-order valence-electron chi connectivity index (χ1n) is 6.75. The molecule has 1 unspecified atom stereocenters. The lowest BCUT2D eigenvalue weighted by molar-refractivity contribution is -0.142. The van der Waals surface area contributed by atoms with Gasteiger partial charge >= 0.3 is 5.97 Å². The topological polar surface area (TPSA) is 82.2 Å². The number of carboxylic acid groups (broad SMARTS) is 1. The maximum Gasteiger partial charge on any atom is 0.326 e. The maximum atomic E-state index is 12.3. The molecule has 0 aliphatic rings. The summed E-state index contributed by atoms with van der Waals surface area (Å²) >= 11 is 0. The van der Waals surface area contributed by atoms with Crippen molar-refractivity contribution in [1.29, 1.82) is 0 Å². The predicted octanol–water partition coefficient (Wildman–Crippen LogP) is 2.24. The second-order valence-corrected chi connectivity index (χ2v) is 5.04. The van der Waals surface area contributed by atoms with Crippen molar-refractivity contribution in [1.82, 2.24) is 10.3 Å². The van der Waals surface area contributed by atoms with E-state index in [1.54, 1.807) is 6.92 Å². The number of carbonyl (C=O) groups excluding carboxylic acids is 1. The number of amides is 1. The summed E-state index contributed by atoms with van der Waals surface area (Å²) in [5.41, 5.74) is 2.39. The van der Waals surface area contributed by atoms with Crippen molar-refractivity contribution < 1.29 is 23.5 Å². The Bertz CT molecular complexity index is 697. The molecule has 118 valence electrons. The highest BCUT2D eigenvalue weighted by molar-refractivity contribution is 5.91. The Morgan fingerprint density at radius 1 is 1.32 bits per heavy atom. The fourth-order valence-corrected chi connectivity index (χ4v) is 2.37. The van der Waals surface area contributed by atoms with Gasteiger partial charge in [0.05, 0.1) is 6.42 Å². The van der Waals surface area contributed by atoms with E-state index in [0.717, 1.165) is 22.2 Å². The molecule has 0 bridgehead atoms. The number of alkyl halides is 2. The van der Waals surface area contributed by atoms with Gasteiger partial charge in [-0.05, 0) is 18.6 Å². The molecule has 2 rings (SSSR count). The molecule has 1 amide bonds. The minimum Gasteiger partial charge on any atom is -0.480 e. The molecule has 0 saturated carbocycles. The summed E-state index contributed by atoms with van der Waals surface area (Å²) in [5, 5.41) is 11.9. The zero-order valence-electron chi connectivity index (χ0n) is 11.9. The lowest BCUT2D eigenvalue weighted by Gasteiger charge is -2.14. The number of rotatable bonds is 6. The van der Waals surface area contributed by atoms with E-state index in [1.165, 1.54) is 0 Å². The highest BCUT2D eigenvalue weighted by Crippen LogP contribution is 2.22. The molecular weight excluding hydrogens is 294 g/mol. The van der Waals surface area contributed by atoms with Crippen LogP contribution in [-0.2, 0) is 16.0 Å². The van der Waals surface area contributed by atoms with E-state index in [2.05, 4.69) is 10.3 Å². The number of aliphatic carboxylic acids is 1. The number of aromatic amines is 1. The smallest absolute Gasteiger partial charge is 0.326 e. The second-order valence-electron chi connectivity index (χ2n) is 5.04. The number of halogens is 2. The molecule has 7 heteroatoms. The number of H-pyrrole nitrogens is 1. The van der Waals surface area contributed by atoms with Crippen LogP contribution >= 0.6 is 0 Å². The van der Waals surface area contributed by atoms with Crippen LogP contribution in [0.25, 0.3) is 10.9 Å². The van der Waals surface area contributed by atoms with Gasteiger partial charge in [-0.1, -0.05) is 18.2 Å². The second kappa shape index (κ2) is 6.55. The van der Waals surface area contributed by atoms with E-state index in [9.17, 15) is 18.4 Å². The summed E-state index contributed by atoms with van der Waals surface area (Å²) < 4.78 is 24.7. The first-order chi connectivity index (χ1) is 10.4. The van der Waals surface area contributed by atoms with Crippen molar-refractivity contribution in [3.8, 4) is 0 Å². The quantitative estimate of drug-likeness (QED) is 0.765. The standard InChI is InChI=1S/C15H16F2N2O3/c1-8-10(9-4-2-3-5-11(9)18-8)6-14(20)19-12(15(21)22)7-13(16)17/h2-5,12-13,18H,6-7H2,1H3,(H,19,20)(H,21,22). The van der Waals surface area contributed by atoms with Gasteiger partial charge in [0.15, 0.2) is 0 Å². The van der Waals surface area contributed by atoms with Crippen LogP contribution in [0.5, 0.6) is 0 Å². The van der Waals surface area contributed by atoms with E-state index < -0.39 is 30.8 Å². The Hall–Kier alpha value is -2.44. The van der Waals surface area contributed by atoms with Crippen LogP contribution in [-0.4, -0.2) is 34.4 Å². The van der Waals surface area contributed by atoms with E-state index in [-0.39, 0.29) is 6.42 Å². The fraction of sp³-hybridized carbons (Fsp3) is 0.333. The highest BCUT2D eigenvalue weighted by atomic mass is 19.3. The Morgan fingerprint density at radius 2 is 2.00 bits per heavy atom. The summed E-state index contributed by atoms with van der Waals surface area (Å²) in [7, 11) is 0. The average Bonchev–Trinajstić information content (AvgIpc) is 2.74. The predicted molar refractivity (Wildman–Crippen MR) is 76.9 cm³/mol. The summed E-state index contributed by atoms with van der Waals surface area (Å²) in [5.74, 6) is -2.06. The molecule has 0 radical (unpaired) electrons. The van der Waals surface area contributed by atoms with Crippen LogP contribution in [0, 0.1) is 6.92 Å². The summed E-state index contributed by atoms with van der Waals surface area (Å²) in [4.78, 5) is 26.0. The third kappa shape index (κ3) is 3.60. The Labute approximate surface area is 125 Å². The normalized spacial score (nSPS) is 12.5. The van der Waals surface area contributed by atoms with Crippen molar-refractivity contribution in [3.05, 3.63) is 35.5 Å². The Morgan fingerprint density at radius 3 is 2.64 bits per heavy atom. The molecule has 3 N–H and O–H groups in total. The van der Waals surface area contributed by atoms with E-state index in [0.29, 0.717) is 0 Å². The van der Waals surface area contributed by atoms with Gasteiger partial charge < -0.3 is 15.4 Å². The maximum absolute atomic E-state index is 12.3. The zero-order valence-corrected chi connectivity index (χ0v) is 11.9. The van der Waals surface area contributed by atoms with Crippen LogP contribution in [0.2, 0.25) is 0 Å². The van der Waals surface area contributed by atoms with Gasteiger partial charge in [0.25, 0.3) is 0 Å². The molecule has 1 aromatic carbocycles. The average molecular weight is 310 g/mol. The number of para-hydroxylation sites is 1. The van der Waals surface area contributed by atoms with Crippen LogP contribution < -0.4 is 5.32 Å². The van der Waals surface area contributed by atoms with Gasteiger partial charge in [-0.25, -0.2) is 13.6 Å². The third-order valence-corrected chi connectivity index (χ3v) is 3.41. The number of hydrogen-bond acceptors (Lipinski definition) is 2. The largest absolute Gasteiger partial charge is 0.480 e. The molecular formula is C15H16F2N2O3. The monoisotopic (exact) mass is 310 g/mol. The summed E-state index contributed by atoms with van der Waals surface area (Å²) in [6.45, 7) is 1.80. The number of aryl methyl sites for hydroxylation is 1. The van der Waals surface area contributed by atoms with Crippen molar-refractivity contribution in [2.45, 2.75) is 32.2 Å². The molecule has 1 aromatic heterocycles. The van der Waals surface area contributed by atoms with Crippen molar-refractivity contribution in [2.24, 2.45) is 0 Å². The van der Waals surface area contributed by atoms with Crippen LogP contribution in [0.15, 0.2) is 24.3 Å². The number of benzene rings is 1. The van der Waals surface area contributed by atoms with E-state index in [4.69, 9.17) is 5.11 Å². The van der Waals surface area contributed by atoms with Gasteiger partial charge in [0, 0.05) is 23.0 Å². The van der Waals surface area contributed by atoms with Crippen LogP contribution in [0.4, 0.5) is 8.78 Å². The molecule has 22 heavy (non-hydrogen) atoms. The lowest BCUT2D eigenvalue weighted by atomic mass is 10.1. The first kappa shape index (κ1) is 15.9. The fourth-order valence-electron chi connectivity index (χ4n) is 2.37. The Balaban J connectivity index is 2.13. The highest BCUT2D eigenvalue weighted by Gasteiger charge is 2.24. The molecule has 2 aromatic rings. The van der Waals surface area contributed by atoms with Gasteiger partial charge in [-0.15, -0.1) is 0 Å². The van der Waals surface area contributed by atoms with Gasteiger partial charge in [-0.3, -0.25) is 4.79 Å². The van der Waals surface area contributed by atoms with Crippen LogP contribution in [0.3, 0.4) is 0 Å². The van der Waals surface area contributed by atoms with Gasteiger partial charge in [0.2, 0.25) is 12.3 Å². The summed E-state index contributed by atoms with van der Waals surface area (Å²) in [6, 6.07) is 5.80. The molecule has 0 aliphatic carbocycles. The minimum atomic E-state index is -2.80. The number of carboxylic acids is 1. The van der Waals surface area contributed by atoms with Gasteiger partial charge in [0.1, 0.15) is 6.04 Å². The van der Waals surface area contributed by atoms with E-state index in [1.807, 2.05) is 24.3 Å².